The van der Waals surface area contributed by atoms with Crippen molar-refractivity contribution >= 4 is 28.6 Å². The maximum Gasteiger partial charge on any atom is 0.248 e. The summed E-state index contributed by atoms with van der Waals surface area (Å²) >= 11 is 0. The summed E-state index contributed by atoms with van der Waals surface area (Å²) in [6.45, 7) is 2.19. The minimum atomic E-state index is -0.336. The number of rotatable bonds is 8. The normalized spacial score (nSPS) is 11.3. The van der Waals surface area contributed by atoms with Crippen LogP contribution in [0.4, 0.5) is 5.69 Å². The third-order valence-electron chi connectivity index (χ3n) is 5.05. The molecule has 0 atom stereocenters. The summed E-state index contributed by atoms with van der Waals surface area (Å²) in [4.78, 5) is 25.0. The summed E-state index contributed by atoms with van der Waals surface area (Å²) in [7, 11) is 0. The zero-order valence-corrected chi connectivity index (χ0v) is 17.7. The number of nitrogens with zero attached hydrogens (tertiary/aromatic N) is 3. The highest BCUT2D eigenvalue weighted by molar-refractivity contribution is 6.06. The van der Waals surface area contributed by atoms with E-state index in [2.05, 4.69) is 45.0 Å². The summed E-state index contributed by atoms with van der Waals surface area (Å²) in [5, 5.41) is 16.6. The second-order valence-corrected chi connectivity index (χ2v) is 7.41. The van der Waals surface area contributed by atoms with Gasteiger partial charge in [-0.25, -0.2) is 0 Å². The van der Waals surface area contributed by atoms with Gasteiger partial charge in [0.2, 0.25) is 11.7 Å². The van der Waals surface area contributed by atoms with Gasteiger partial charge in [0, 0.05) is 12.1 Å². The van der Waals surface area contributed by atoms with Gasteiger partial charge in [0.05, 0.1) is 11.1 Å². The van der Waals surface area contributed by atoms with Crippen LogP contribution in [0.1, 0.15) is 37.3 Å². The SMILES string of the molecule is CCCCCc1ccc(/C=C/C(=O)Nc2cccc3c(=O)cc(-c4nn[nH]n4)oc23)cc1. The fourth-order valence-electron chi connectivity index (χ4n) is 3.37. The number of tetrazole rings is 1. The molecule has 32 heavy (non-hydrogen) atoms. The van der Waals surface area contributed by atoms with E-state index in [1.807, 2.05) is 12.1 Å². The van der Waals surface area contributed by atoms with E-state index in [1.165, 1.54) is 37.0 Å². The molecule has 2 N–H and O–H groups in total. The number of H-pyrrole nitrogens is 1. The van der Waals surface area contributed by atoms with Gasteiger partial charge in [-0.15, -0.1) is 10.2 Å². The Morgan fingerprint density at radius 3 is 2.75 bits per heavy atom. The lowest BCUT2D eigenvalue weighted by Crippen LogP contribution is -2.09. The number of fused-ring (bicyclic) bond motifs is 1. The Labute approximate surface area is 184 Å². The Hall–Kier alpha value is -4.07. The number of amides is 1. The first-order valence-electron chi connectivity index (χ1n) is 10.5. The molecule has 4 aromatic rings. The van der Waals surface area contributed by atoms with Gasteiger partial charge < -0.3 is 9.73 Å². The molecule has 0 unspecified atom stereocenters. The maximum absolute atomic E-state index is 12.5. The molecule has 0 aliphatic heterocycles. The number of hydrogen-bond acceptors (Lipinski definition) is 6. The van der Waals surface area contributed by atoms with Gasteiger partial charge in [0.15, 0.2) is 16.8 Å². The Bertz CT molecular complexity index is 1290. The third kappa shape index (κ3) is 4.97. The number of aromatic nitrogens is 4. The van der Waals surface area contributed by atoms with Crippen LogP contribution in [0.15, 0.2) is 63.8 Å². The molecule has 8 heteroatoms. The summed E-state index contributed by atoms with van der Waals surface area (Å²) < 4.78 is 5.81. The fourth-order valence-corrected chi connectivity index (χ4v) is 3.37. The van der Waals surface area contributed by atoms with Crippen molar-refractivity contribution < 1.29 is 9.21 Å². The van der Waals surface area contributed by atoms with Gasteiger partial charge in [0.1, 0.15) is 0 Å². The van der Waals surface area contributed by atoms with Crippen LogP contribution >= 0.6 is 0 Å². The first-order valence-corrected chi connectivity index (χ1v) is 10.5. The molecule has 8 nitrogen and oxygen atoms in total. The number of anilines is 1. The third-order valence-corrected chi connectivity index (χ3v) is 5.05. The quantitative estimate of drug-likeness (QED) is 0.318. The highest BCUT2D eigenvalue weighted by Gasteiger charge is 2.14. The molecule has 162 valence electrons. The molecule has 0 saturated carbocycles. The first kappa shape index (κ1) is 21.2. The number of benzene rings is 2. The van der Waals surface area contributed by atoms with Crippen LogP contribution in [0.5, 0.6) is 0 Å². The van der Waals surface area contributed by atoms with Gasteiger partial charge >= 0.3 is 0 Å². The number of aryl methyl sites for hydroxylation is 1. The van der Waals surface area contributed by atoms with Crippen LogP contribution in [0, 0.1) is 0 Å². The molecule has 0 radical (unpaired) electrons. The number of unbranched alkanes of at least 4 members (excludes halogenated alkanes) is 2. The van der Waals surface area contributed by atoms with E-state index in [0.717, 1.165) is 12.0 Å². The zero-order valence-electron chi connectivity index (χ0n) is 17.7. The molecule has 0 aliphatic rings. The van der Waals surface area contributed by atoms with E-state index < -0.39 is 0 Å². The first-order chi connectivity index (χ1) is 15.6. The Morgan fingerprint density at radius 1 is 1.16 bits per heavy atom. The highest BCUT2D eigenvalue weighted by Crippen LogP contribution is 2.25. The summed E-state index contributed by atoms with van der Waals surface area (Å²) in [6.07, 6.45) is 7.88. The highest BCUT2D eigenvalue weighted by atomic mass is 16.3. The minimum absolute atomic E-state index is 0.156. The second-order valence-electron chi connectivity index (χ2n) is 7.41. The number of hydrogen-bond donors (Lipinski definition) is 2. The lowest BCUT2D eigenvalue weighted by molar-refractivity contribution is -0.111. The molecular formula is C24H23N5O3. The van der Waals surface area contributed by atoms with Gasteiger partial charge in [-0.3, -0.25) is 9.59 Å². The van der Waals surface area contributed by atoms with Crippen molar-refractivity contribution in [2.24, 2.45) is 0 Å². The van der Waals surface area contributed by atoms with Gasteiger partial charge in [-0.05, 0) is 47.4 Å². The van der Waals surface area contributed by atoms with Crippen molar-refractivity contribution in [2.45, 2.75) is 32.6 Å². The van der Waals surface area contributed by atoms with Crippen molar-refractivity contribution in [1.82, 2.24) is 20.6 Å². The summed E-state index contributed by atoms with van der Waals surface area (Å²) in [6, 6.07) is 14.5. The predicted octanol–water partition coefficient (Wildman–Crippen LogP) is 4.36. The molecule has 1 amide bonds. The molecule has 0 fully saturated rings. The smallest absolute Gasteiger partial charge is 0.248 e. The standard InChI is InChI=1S/C24H23N5O3/c1-2-3-4-6-16-9-11-17(12-10-16)13-14-22(31)25-19-8-5-7-18-20(30)15-21(32-23(18)19)24-26-28-29-27-24/h5,7-15H,2-4,6H2,1H3,(H,25,31)(H,26,27,28,29)/b14-13+. The van der Waals surface area contributed by atoms with Crippen molar-refractivity contribution in [3.8, 4) is 11.6 Å². The lowest BCUT2D eigenvalue weighted by Gasteiger charge is -2.07. The Morgan fingerprint density at radius 2 is 2.00 bits per heavy atom. The van der Waals surface area contributed by atoms with E-state index >= 15 is 0 Å². The van der Waals surface area contributed by atoms with E-state index in [0.29, 0.717) is 11.1 Å². The minimum Gasteiger partial charge on any atom is -0.450 e. The lowest BCUT2D eigenvalue weighted by atomic mass is 10.1. The largest absolute Gasteiger partial charge is 0.450 e. The van der Waals surface area contributed by atoms with Gasteiger partial charge in [-0.1, -0.05) is 50.1 Å². The second kappa shape index (κ2) is 9.82. The number of para-hydroxylation sites is 1. The molecule has 0 saturated heterocycles. The van der Waals surface area contributed by atoms with Crippen LogP contribution in [-0.4, -0.2) is 26.5 Å². The number of aromatic amines is 1. The molecule has 2 aromatic carbocycles. The number of carbonyl (C=O) groups is 1. The number of nitrogens with one attached hydrogen (secondary N) is 2. The molecule has 0 aliphatic carbocycles. The predicted molar refractivity (Wildman–Crippen MR) is 123 cm³/mol. The van der Waals surface area contributed by atoms with Gasteiger partial charge in [-0.2, -0.15) is 5.21 Å². The van der Waals surface area contributed by atoms with Gasteiger partial charge in [0.25, 0.3) is 0 Å². The van der Waals surface area contributed by atoms with Crippen LogP contribution in [0.3, 0.4) is 0 Å². The van der Waals surface area contributed by atoms with E-state index in [9.17, 15) is 9.59 Å². The van der Waals surface area contributed by atoms with Crippen molar-refractivity contribution in [3.63, 3.8) is 0 Å². The Kier molecular flexibility index (Phi) is 6.50. The van der Waals surface area contributed by atoms with Crippen molar-refractivity contribution in [1.29, 1.82) is 0 Å². The molecule has 2 aromatic heterocycles. The molecule has 0 spiro atoms. The van der Waals surface area contributed by atoms with Crippen molar-refractivity contribution in [2.75, 3.05) is 5.32 Å². The molecule has 2 heterocycles. The molecular weight excluding hydrogens is 406 g/mol. The monoisotopic (exact) mass is 429 g/mol. The van der Waals surface area contributed by atoms with Crippen LogP contribution in [0.2, 0.25) is 0 Å². The summed E-state index contributed by atoms with van der Waals surface area (Å²) in [5.74, 6) is -0.0205. The number of carbonyl (C=O) groups excluding carboxylic acids is 1. The van der Waals surface area contributed by atoms with E-state index in [1.54, 1.807) is 24.3 Å². The van der Waals surface area contributed by atoms with Crippen LogP contribution in [0.25, 0.3) is 28.6 Å². The van der Waals surface area contributed by atoms with E-state index in [-0.39, 0.29) is 28.5 Å². The summed E-state index contributed by atoms with van der Waals surface area (Å²) in [5.41, 5.74) is 2.59. The molecule has 0 bridgehead atoms. The van der Waals surface area contributed by atoms with Crippen molar-refractivity contribution in [3.05, 3.63) is 76.0 Å². The average Bonchev–Trinajstić information content (AvgIpc) is 3.34. The Balaban J connectivity index is 1.50. The van der Waals surface area contributed by atoms with Crippen LogP contribution < -0.4 is 10.7 Å². The topological polar surface area (TPSA) is 114 Å². The van der Waals surface area contributed by atoms with Crippen LogP contribution in [-0.2, 0) is 11.2 Å². The molecule has 4 rings (SSSR count). The fraction of sp³-hybridized carbons (Fsp3) is 0.208. The maximum atomic E-state index is 12.5. The van der Waals surface area contributed by atoms with E-state index in [4.69, 9.17) is 4.42 Å². The zero-order chi connectivity index (χ0) is 22.3. The average molecular weight is 429 g/mol.